The lowest BCUT2D eigenvalue weighted by Gasteiger charge is -2.09. The minimum atomic E-state index is -0.622. The fraction of sp³-hybridized carbons (Fsp3) is 0.190. The Labute approximate surface area is 183 Å². The number of nitrogens with zero attached hydrogens (tertiary/aromatic N) is 1. The van der Waals surface area contributed by atoms with Crippen molar-refractivity contribution >= 4 is 54.9 Å². The fourth-order valence-electron chi connectivity index (χ4n) is 3.17. The molecule has 0 N–H and O–H groups in total. The lowest BCUT2D eigenvalue weighted by Crippen LogP contribution is -2.15. The molecule has 1 aromatic heterocycles. The van der Waals surface area contributed by atoms with Gasteiger partial charge in [0.05, 0.1) is 44.0 Å². The standard InChI is InChI=1S/C21H17BrFNO5S/c1-4-28-21(26)18-14-9-17(29-11(2)25)15(22)10-16(14)24(3)19(18)20(30-27)12-5-7-13(23)8-6-12/h5-10H,4H2,1-3H3. The van der Waals surface area contributed by atoms with E-state index in [0.29, 0.717) is 26.6 Å². The van der Waals surface area contributed by atoms with E-state index in [0.717, 1.165) is 0 Å². The summed E-state index contributed by atoms with van der Waals surface area (Å²) in [6, 6.07) is 8.68. The van der Waals surface area contributed by atoms with Gasteiger partial charge in [-0.2, -0.15) is 0 Å². The van der Waals surface area contributed by atoms with Crippen molar-refractivity contribution in [2.45, 2.75) is 13.8 Å². The first-order valence-corrected chi connectivity index (χ1v) is 10.4. The van der Waals surface area contributed by atoms with E-state index in [-0.39, 0.29) is 34.0 Å². The molecule has 0 amide bonds. The molecule has 0 radical (unpaired) electrons. The predicted octanol–water partition coefficient (Wildman–Crippen LogP) is 3.96. The number of rotatable bonds is 5. The molecule has 30 heavy (non-hydrogen) atoms. The first kappa shape index (κ1) is 21.9. The lowest BCUT2D eigenvalue weighted by atomic mass is 10.0. The van der Waals surface area contributed by atoms with Crippen LogP contribution in [0, 0.1) is 5.82 Å². The monoisotopic (exact) mass is 493 g/mol. The molecule has 0 unspecified atom stereocenters. The summed E-state index contributed by atoms with van der Waals surface area (Å²) >= 11 is 3.57. The maximum absolute atomic E-state index is 13.4. The van der Waals surface area contributed by atoms with Crippen LogP contribution in [0.25, 0.3) is 10.9 Å². The maximum Gasteiger partial charge on any atom is 0.341 e. The molecule has 0 aliphatic carbocycles. The van der Waals surface area contributed by atoms with Crippen molar-refractivity contribution in [2.75, 3.05) is 6.61 Å². The molecule has 0 aliphatic rings. The highest BCUT2D eigenvalue weighted by Gasteiger charge is 2.27. The second-order valence-electron chi connectivity index (χ2n) is 6.32. The summed E-state index contributed by atoms with van der Waals surface area (Å²) < 4.78 is 38.1. The van der Waals surface area contributed by atoms with Gasteiger partial charge < -0.3 is 14.0 Å². The number of benzene rings is 2. The molecule has 3 aromatic rings. The highest BCUT2D eigenvalue weighted by atomic mass is 79.9. The molecule has 9 heteroatoms. The Morgan fingerprint density at radius 1 is 1.20 bits per heavy atom. The van der Waals surface area contributed by atoms with Gasteiger partial charge in [0.15, 0.2) is 0 Å². The van der Waals surface area contributed by atoms with Crippen LogP contribution in [0.2, 0.25) is 0 Å². The van der Waals surface area contributed by atoms with E-state index in [4.69, 9.17) is 9.47 Å². The molecular formula is C21H17BrFNO5S. The summed E-state index contributed by atoms with van der Waals surface area (Å²) in [7, 11) is 1.71. The van der Waals surface area contributed by atoms with E-state index in [2.05, 4.69) is 15.9 Å². The SMILES string of the molecule is CCOC(=O)c1c(C(=S=O)c2ccc(F)cc2)n(C)c2cc(Br)c(OC(C)=O)cc12. The topological polar surface area (TPSA) is 74.6 Å². The van der Waals surface area contributed by atoms with E-state index in [1.54, 1.807) is 30.7 Å². The molecule has 6 nitrogen and oxygen atoms in total. The molecule has 0 bridgehead atoms. The summed E-state index contributed by atoms with van der Waals surface area (Å²) in [5, 5.41) is 0.457. The average molecular weight is 494 g/mol. The van der Waals surface area contributed by atoms with Crippen molar-refractivity contribution in [1.82, 2.24) is 4.57 Å². The molecule has 3 rings (SSSR count). The number of hydrogen-bond acceptors (Lipinski definition) is 5. The minimum absolute atomic E-state index is 0.137. The molecule has 0 fully saturated rings. The van der Waals surface area contributed by atoms with Gasteiger partial charge in [-0.25, -0.2) is 13.4 Å². The zero-order chi connectivity index (χ0) is 22.0. The van der Waals surface area contributed by atoms with Crippen LogP contribution in [0.3, 0.4) is 0 Å². The zero-order valence-corrected chi connectivity index (χ0v) is 18.7. The number of carbonyl (C=O) groups is 2. The number of hydrogen-bond donors (Lipinski definition) is 0. The zero-order valence-electron chi connectivity index (χ0n) is 16.3. The number of esters is 2. The molecule has 0 spiro atoms. The highest BCUT2D eigenvalue weighted by Crippen LogP contribution is 2.36. The van der Waals surface area contributed by atoms with Crippen LogP contribution in [-0.4, -0.2) is 32.2 Å². The maximum atomic E-state index is 13.4. The Kier molecular flexibility index (Phi) is 6.52. The van der Waals surface area contributed by atoms with Crippen LogP contribution in [0.5, 0.6) is 5.75 Å². The quantitative estimate of drug-likeness (QED) is 0.232. The summed E-state index contributed by atoms with van der Waals surface area (Å²) in [5.41, 5.74) is 1.58. The third-order valence-electron chi connectivity index (χ3n) is 4.39. The van der Waals surface area contributed by atoms with Crippen molar-refractivity contribution < 1.29 is 27.7 Å². The van der Waals surface area contributed by atoms with Crippen molar-refractivity contribution in [3.63, 3.8) is 0 Å². The molecule has 1 heterocycles. The van der Waals surface area contributed by atoms with E-state index in [1.165, 1.54) is 31.2 Å². The van der Waals surface area contributed by atoms with Crippen LogP contribution < -0.4 is 4.74 Å². The highest BCUT2D eigenvalue weighted by molar-refractivity contribution is 9.10. The van der Waals surface area contributed by atoms with Crippen molar-refractivity contribution in [3.05, 3.63) is 63.5 Å². The van der Waals surface area contributed by atoms with E-state index >= 15 is 0 Å². The van der Waals surface area contributed by atoms with Gasteiger partial charge >= 0.3 is 11.9 Å². The van der Waals surface area contributed by atoms with E-state index in [9.17, 15) is 18.2 Å². The van der Waals surface area contributed by atoms with Crippen LogP contribution >= 0.6 is 15.9 Å². The summed E-state index contributed by atoms with van der Waals surface area (Å²) in [4.78, 5) is 24.6. The van der Waals surface area contributed by atoms with Gasteiger partial charge in [0.2, 0.25) is 0 Å². The van der Waals surface area contributed by atoms with Crippen LogP contribution in [0.1, 0.15) is 35.5 Å². The second kappa shape index (κ2) is 8.93. The Balaban J connectivity index is 2.37. The smallest absolute Gasteiger partial charge is 0.341 e. The van der Waals surface area contributed by atoms with Crippen LogP contribution in [0.15, 0.2) is 40.9 Å². The van der Waals surface area contributed by atoms with Gasteiger partial charge in [-0.05, 0) is 52.7 Å². The molecule has 0 saturated heterocycles. The predicted molar refractivity (Wildman–Crippen MR) is 116 cm³/mol. The molecule has 0 atom stereocenters. The van der Waals surface area contributed by atoms with Gasteiger partial charge in [0.1, 0.15) is 11.6 Å². The van der Waals surface area contributed by atoms with Crippen molar-refractivity contribution in [3.8, 4) is 5.75 Å². The third-order valence-corrected chi connectivity index (χ3v) is 5.61. The number of aryl methyl sites for hydroxylation is 1. The Morgan fingerprint density at radius 2 is 1.87 bits per heavy atom. The Morgan fingerprint density at radius 3 is 2.43 bits per heavy atom. The molecule has 0 saturated carbocycles. The minimum Gasteiger partial charge on any atom is -0.462 e. The molecule has 156 valence electrons. The Bertz CT molecular complexity index is 1210. The first-order valence-electron chi connectivity index (χ1n) is 8.89. The van der Waals surface area contributed by atoms with E-state index < -0.39 is 17.8 Å². The Hall–Kier alpha value is -2.78. The third kappa shape index (κ3) is 4.08. The van der Waals surface area contributed by atoms with Crippen LogP contribution in [0.4, 0.5) is 4.39 Å². The molecule has 0 aliphatic heterocycles. The number of carbonyl (C=O) groups excluding carboxylic acids is 2. The molecular weight excluding hydrogens is 477 g/mol. The fourth-order valence-corrected chi connectivity index (χ4v) is 4.13. The van der Waals surface area contributed by atoms with Gasteiger partial charge in [-0.15, -0.1) is 0 Å². The number of aromatic nitrogens is 1. The normalized spacial score (nSPS) is 10.7. The van der Waals surface area contributed by atoms with Gasteiger partial charge in [0.25, 0.3) is 0 Å². The number of ether oxygens (including phenoxy) is 2. The summed E-state index contributed by atoms with van der Waals surface area (Å²) in [6.45, 7) is 3.09. The largest absolute Gasteiger partial charge is 0.462 e. The number of fused-ring (bicyclic) bond motifs is 1. The number of halogens is 2. The lowest BCUT2D eigenvalue weighted by molar-refractivity contribution is -0.131. The summed E-state index contributed by atoms with van der Waals surface area (Å²) in [5.74, 6) is -1.34. The second-order valence-corrected chi connectivity index (χ2v) is 7.75. The van der Waals surface area contributed by atoms with Gasteiger partial charge in [0, 0.05) is 19.4 Å². The van der Waals surface area contributed by atoms with Crippen molar-refractivity contribution in [2.24, 2.45) is 7.05 Å². The first-order chi connectivity index (χ1) is 14.3. The average Bonchev–Trinajstić information content (AvgIpc) is 2.96. The van der Waals surface area contributed by atoms with Crippen LogP contribution in [-0.2, 0) is 27.8 Å². The molecule has 2 aromatic carbocycles. The van der Waals surface area contributed by atoms with Crippen molar-refractivity contribution in [1.29, 1.82) is 0 Å². The van der Waals surface area contributed by atoms with Gasteiger partial charge in [-0.3, -0.25) is 4.79 Å². The van der Waals surface area contributed by atoms with E-state index in [1.807, 2.05) is 0 Å². The summed E-state index contributed by atoms with van der Waals surface area (Å²) in [6.07, 6.45) is 0. The van der Waals surface area contributed by atoms with Gasteiger partial charge in [-0.1, -0.05) is 12.1 Å².